The summed E-state index contributed by atoms with van der Waals surface area (Å²) in [6, 6.07) is 0. The smallest absolute Gasteiger partial charge is 0.306 e. The van der Waals surface area contributed by atoms with Gasteiger partial charge in [-0.2, -0.15) is 16.8 Å². The standard InChI is InChI=1S/C57H94N2O12S2/c1-36(10-20-50(60)58-30-32-72(64,65)66)44-16-18-46-42-14-12-38-34-40(22-26-54(38,3)48(42)24-28-56(44,46)5)70-52(62)8-7-9-53(63)71-41-23-27-55(4)39(35-41)13-15-43-47-19-17-45(57(47,6)29-25-49(43)55)37(2)11-21-51(61)59-31-33-73(67,68)69/h36-49H,7-35H2,1-6H3,(H,58,60)(H,59,61)(H,64,65,66)(H,67,68,69)/t36-,37+,38?,39?,40-,41+,42+,43-,44-,45+,46+,47?,48+,49?,54+,55-,56-,57+/m1/s1. The molecule has 4 unspecified atom stereocenters. The normalized spacial score (nSPS) is 40.8. The second-order valence-electron chi connectivity index (χ2n) is 26.7. The van der Waals surface area contributed by atoms with Crippen LogP contribution in [0.4, 0.5) is 0 Å². The Hall–Kier alpha value is -2.30. The third kappa shape index (κ3) is 12.5. The maximum atomic E-state index is 13.3. The number of nitrogens with one attached hydrogen (secondary N) is 2. The maximum Gasteiger partial charge on any atom is 0.306 e. The van der Waals surface area contributed by atoms with Crippen LogP contribution >= 0.6 is 0 Å². The summed E-state index contributed by atoms with van der Waals surface area (Å²) in [4.78, 5) is 51.5. The number of hydrogen-bond donors (Lipinski definition) is 4. The number of hydrogen-bond acceptors (Lipinski definition) is 10. The molecular weight excluding hydrogens is 969 g/mol. The fourth-order valence-electron chi connectivity index (χ4n) is 19.4. The van der Waals surface area contributed by atoms with Crippen molar-refractivity contribution in [3.8, 4) is 0 Å². The minimum Gasteiger partial charge on any atom is -0.462 e. The van der Waals surface area contributed by atoms with E-state index >= 15 is 0 Å². The lowest BCUT2D eigenvalue weighted by Crippen LogP contribution is -2.54. The van der Waals surface area contributed by atoms with E-state index in [1.165, 1.54) is 77.0 Å². The minimum atomic E-state index is -4.10. The van der Waals surface area contributed by atoms with Gasteiger partial charge in [0.1, 0.15) is 12.2 Å². The zero-order chi connectivity index (χ0) is 52.7. The first kappa shape index (κ1) is 56.9. The van der Waals surface area contributed by atoms with E-state index in [9.17, 15) is 36.0 Å². The fraction of sp³-hybridized carbons (Fsp3) is 0.930. The molecule has 73 heavy (non-hydrogen) atoms. The fourth-order valence-corrected chi connectivity index (χ4v) is 20.1. The summed E-state index contributed by atoms with van der Waals surface area (Å²) in [5.41, 5.74) is 1.02. The van der Waals surface area contributed by atoms with Crippen molar-refractivity contribution in [3.63, 3.8) is 0 Å². The summed E-state index contributed by atoms with van der Waals surface area (Å²) in [5, 5.41) is 5.30. The first-order valence-electron chi connectivity index (χ1n) is 29.2. The molecular formula is C57H94N2O12S2. The summed E-state index contributed by atoms with van der Waals surface area (Å²) in [6.07, 6.45) is 23.5. The molecule has 8 aliphatic rings. The van der Waals surface area contributed by atoms with Crippen LogP contribution in [-0.4, -0.2) is 86.5 Å². The molecule has 16 heteroatoms. The molecule has 4 N–H and O–H groups in total. The van der Waals surface area contributed by atoms with Gasteiger partial charge in [-0.25, -0.2) is 0 Å². The second-order valence-corrected chi connectivity index (χ2v) is 29.8. The largest absolute Gasteiger partial charge is 0.462 e. The van der Waals surface area contributed by atoms with Crippen molar-refractivity contribution in [2.24, 2.45) is 92.7 Å². The van der Waals surface area contributed by atoms with Gasteiger partial charge in [0.2, 0.25) is 11.8 Å². The molecule has 8 aliphatic carbocycles. The molecule has 0 spiro atoms. The van der Waals surface area contributed by atoms with Crippen molar-refractivity contribution in [3.05, 3.63) is 0 Å². The number of ether oxygens (including phenoxy) is 2. The van der Waals surface area contributed by atoms with Crippen molar-refractivity contribution >= 4 is 44.0 Å². The van der Waals surface area contributed by atoms with E-state index in [1.54, 1.807) is 0 Å². The Bertz CT molecular complexity index is 2070. The van der Waals surface area contributed by atoms with Crippen LogP contribution < -0.4 is 10.6 Å². The molecule has 8 rings (SSSR count). The van der Waals surface area contributed by atoms with Crippen molar-refractivity contribution in [2.75, 3.05) is 24.6 Å². The molecule has 0 heterocycles. The lowest BCUT2D eigenvalue weighted by atomic mass is 9.44. The van der Waals surface area contributed by atoms with Gasteiger partial charge in [-0.1, -0.05) is 41.5 Å². The third-order valence-electron chi connectivity index (χ3n) is 23.1. The maximum absolute atomic E-state index is 13.3. The molecule has 0 aromatic carbocycles. The average Bonchev–Trinajstić information content (AvgIpc) is 3.86. The zero-order valence-electron chi connectivity index (χ0n) is 45.4. The second kappa shape index (κ2) is 22.6. The summed E-state index contributed by atoms with van der Waals surface area (Å²) in [7, 11) is -8.20. The van der Waals surface area contributed by atoms with Gasteiger partial charge in [-0.3, -0.25) is 28.3 Å². The highest BCUT2D eigenvalue weighted by molar-refractivity contribution is 7.86. The molecule has 0 aliphatic heterocycles. The van der Waals surface area contributed by atoms with Crippen LogP contribution in [0.15, 0.2) is 0 Å². The van der Waals surface area contributed by atoms with Gasteiger partial charge < -0.3 is 20.1 Å². The first-order chi connectivity index (χ1) is 34.3. The molecule has 0 aromatic heterocycles. The summed E-state index contributed by atoms with van der Waals surface area (Å²) >= 11 is 0. The molecule has 14 nitrogen and oxygen atoms in total. The molecule has 0 aromatic rings. The van der Waals surface area contributed by atoms with E-state index in [4.69, 9.17) is 18.6 Å². The van der Waals surface area contributed by atoms with Crippen LogP contribution in [0.3, 0.4) is 0 Å². The average molecular weight is 1060 g/mol. The van der Waals surface area contributed by atoms with Crippen molar-refractivity contribution in [2.45, 2.75) is 214 Å². The Morgan fingerprint density at radius 3 is 1.26 bits per heavy atom. The summed E-state index contributed by atoms with van der Waals surface area (Å²) in [5.74, 6) is 5.53. The van der Waals surface area contributed by atoms with Crippen LogP contribution in [0.1, 0.15) is 202 Å². The Morgan fingerprint density at radius 1 is 0.507 bits per heavy atom. The summed E-state index contributed by atoms with van der Waals surface area (Å²) < 4.78 is 74.5. The predicted molar refractivity (Wildman–Crippen MR) is 280 cm³/mol. The number of amides is 2. The topological polar surface area (TPSA) is 220 Å². The Kier molecular flexibility index (Phi) is 17.6. The first-order valence-corrected chi connectivity index (χ1v) is 32.4. The highest BCUT2D eigenvalue weighted by Gasteiger charge is 2.62. The van der Waals surface area contributed by atoms with Crippen LogP contribution in [0.5, 0.6) is 0 Å². The van der Waals surface area contributed by atoms with Crippen molar-refractivity contribution in [1.29, 1.82) is 0 Å². The van der Waals surface area contributed by atoms with Crippen molar-refractivity contribution in [1.82, 2.24) is 10.6 Å². The highest BCUT2D eigenvalue weighted by Crippen LogP contribution is 2.70. The molecule has 8 fully saturated rings. The monoisotopic (exact) mass is 1060 g/mol. The van der Waals surface area contributed by atoms with Crippen LogP contribution in [0.25, 0.3) is 0 Å². The number of carbonyl (C=O) groups is 4. The van der Waals surface area contributed by atoms with Crippen LogP contribution in [-0.2, 0) is 48.9 Å². The predicted octanol–water partition coefficient (Wildman–Crippen LogP) is 10.1. The molecule has 18 atom stereocenters. The van der Waals surface area contributed by atoms with Gasteiger partial charge in [0, 0.05) is 38.8 Å². The van der Waals surface area contributed by atoms with E-state index in [0.717, 1.165) is 51.4 Å². The summed E-state index contributed by atoms with van der Waals surface area (Å²) in [6.45, 7) is 14.6. The number of fused-ring (bicyclic) bond motifs is 10. The molecule has 2 amide bonds. The zero-order valence-corrected chi connectivity index (χ0v) is 47.0. The van der Waals surface area contributed by atoms with E-state index in [0.29, 0.717) is 90.3 Å². The number of rotatable bonds is 20. The third-order valence-corrected chi connectivity index (χ3v) is 24.6. The van der Waals surface area contributed by atoms with Gasteiger partial charge >= 0.3 is 11.9 Å². The van der Waals surface area contributed by atoms with Crippen molar-refractivity contribution < 1.29 is 54.6 Å². The van der Waals surface area contributed by atoms with E-state index in [-0.39, 0.29) is 83.6 Å². The quantitative estimate of drug-likeness (QED) is 0.0661. The van der Waals surface area contributed by atoms with Gasteiger partial charge in [0.15, 0.2) is 0 Å². The SMILES string of the molecule is C[C@H](CCC(=O)NCCS(=O)(=O)O)[C@H]1CC[C@H]2[C@@H]3CCC4C[C@H](OC(=O)CCCC(=O)O[C@H]5CC[C@]6(C)C(CC[C@H]7C6CC[C@]6(C)C7CC[C@H]6[C@@H](C)CCC(=O)NCCS(=O)(=O)O)C5)CC[C@]4(C)[C@H]3CC[C@]12C. The molecule has 0 saturated heterocycles. The van der Waals surface area contributed by atoms with E-state index in [2.05, 4.69) is 52.2 Å². The van der Waals surface area contributed by atoms with Gasteiger partial charge in [0.25, 0.3) is 20.2 Å². The minimum absolute atomic E-state index is 0.0609. The lowest BCUT2D eigenvalue weighted by Gasteiger charge is -2.61. The van der Waals surface area contributed by atoms with Crippen LogP contribution in [0, 0.1) is 92.7 Å². The molecule has 416 valence electrons. The van der Waals surface area contributed by atoms with Gasteiger partial charge in [-0.05, 0) is 228 Å². The Balaban J connectivity index is 0.728. The molecule has 8 saturated carbocycles. The number of carbonyl (C=O) groups excluding carboxylic acids is 4. The molecule has 0 radical (unpaired) electrons. The Labute approximate surface area is 438 Å². The lowest BCUT2D eigenvalue weighted by molar-refractivity contribution is -0.164. The van der Waals surface area contributed by atoms with Gasteiger partial charge in [0.05, 0.1) is 11.5 Å². The highest BCUT2D eigenvalue weighted by atomic mass is 32.2. The van der Waals surface area contributed by atoms with E-state index < -0.39 is 31.7 Å². The van der Waals surface area contributed by atoms with Crippen LogP contribution in [0.2, 0.25) is 0 Å². The Morgan fingerprint density at radius 2 is 0.877 bits per heavy atom. The van der Waals surface area contributed by atoms with Gasteiger partial charge in [-0.15, -0.1) is 0 Å². The molecule has 0 bridgehead atoms. The number of esters is 2. The van der Waals surface area contributed by atoms with E-state index in [1.807, 2.05) is 0 Å².